The fourth-order valence-electron chi connectivity index (χ4n) is 4.24. The summed E-state index contributed by atoms with van der Waals surface area (Å²) >= 11 is 1.45. The first kappa shape index (κ1) is 24.7. The number of fused-ring (bicyclic) bond motifs is 1. The van der Waals surface area contributed by atoms with Crippen LogP contribution >= 0.6 is 11.3 Å². The van der Waals surface area contributed by atoms with Crippen molar-refractivity contribution in [2.45, 2.75) is 71.3 Å². The van der Waals surface area contributed by atoms with Crippen LogP contribution in [0.15, 0.2) is 6.07 Å². The van der Waals surface area contributed by atoms with Gasteiger partial charge < -0.3 is 19.6 Å². The Hall–Kier alpha value is -1.93. The summed E-state index contributed by atoms with van der Waals surface area (Å²) in [6.07, 6.45) is 5.06. The minimum Gasteiger partial charge on any atom is -0.444 e. The lowest BCUT2D eigenvalue weighted by atomic mass is 9.93. The van der Waals surface area contributed by atoms with Crippen molar-refractivity contribution in [3.63, 3.8) is 0 Å². The highest BCUT2D eigenvalue weighted by molar-refractivity contribution is 7.14. The summed E-state index contributed by atoms with van der Waals surface area (Å²) in [5.41, 5.74) is 0.207. The number of aliphatic hydroxyl groups is 1. The zero-order chi connectivity index (χ0) is 23.3. The third kappa shape index (κ3) is 6.54. The molecule has 1 N–H and O–H groups in total. The summed E-state index contributed by atoms with van der Waals surface area (Å²) in [6.45, 7) is 8.54. The smallest absolute Gasteiger partial charge is 0.410 e. The fraction of sp³-hybridized carbons (Fsp3) is 0.708. The molecule has 7 nitrogen and oxygen atoms in total. The van der Waals surface area contributed by atoms with Crippen LogP contribution in [0.25, 0.3) is 0 Å². The number of carbonyl (C=O) groups excluding carboxylic acids is 3. The van der Waals surface area contributed by atoms with Gasteiger partial charge in [-0.25, -0.2) is 4.79 Å². The summed E-state index contributed by atoms with van der Waals surface area (Å²) in [7, 11) is 0. The monoisotopic (exact) mass is 464 g/mol. The first-order chi connectivity index (χ1) is 15.2. The van der Waals surface area contributed by atoms with E-state index in [0.29, 0.717) is 61.8 Å². The van der Waals surface area contributed by atoms with Gasteiger partial charge >= 0.3 is 6.09 Å². The van der Waals surface area contributed by atoms with Crippen LogP contribution in [-0.2, 0) is 11.2 Å². The van der Waals surface area contributed by atoms with Crippen molar-refractivity contribution in [2.24, 2.45) is 5.92 Å². The molecule has 3 heterocycles. The lowest BCUT2D eigenvalue weighted by Crippen LogP contribution is -2.43. The maximum atomic E-state index is 13.0. The molecule has 1 aromatic rings. The normalized spacial score (nSPS) is 17.4. The highest BCUT2D eigenvalue weighted by Gasteiger charge is 2.30. The topological polar surface area (TPSA) is 87.2 Å². The molecule has 2 amide bonds. The molecule has 2 aliphatic rings. The van der Waals surface area contributed by atoms with Gasteiger partial charge in [0.15, 0.2) is 5.78 Å². The molecule has 0 bridgehead atoms. The number of unbranched alkanes of at least 4 members (excludes halogenated alkanes) is 1. The Balaban J connectivity index is 1.46. The van der Waals surface area contributed by atoms with Crippen molar-refractivity contribution in [3.8, 4) is 0 Å². The molecule has 32 heavy (non-hydrogen) atoms. The van der Waals surface area contributed by atoms with Gasteiger partial charge in [-0.15, -0.1) is 11.3 Å². The number of rotatable bonds is 8. The molecule has 0 unspecified atom stereocenters. The largest absolute Gasteiger partial charge is 0.444 e. The molecule has 0 atom stereocenters. The predicted octanol–water partition coefficient (Wildman–Crippen LogP) is 4.13. The first-order valence-corrected chi connectivity index (χ1v) is 12.5. The molecule has 1 aromatic heterocycles. The number of hydrogen-bond acceptors (Lipinski definition) is 6. The standard InChI is InChI=1S/C24H36N2O5S/c1-24(2,3)31-23(30)26-12-8-17(9-13-26)7-11-25-14-10-20-18(22(25)29)16-21(32-20)19(28)6-4-5-15-27/h16-17,27H,4-15H2,1-3H3. The van der Waals surface area contributed by atoms with Crippen LogP contribution in [0.5, 0.6) is 0 Å². The summed E-state index contributed by atoms with van der Waals surface area (Å²) in [6, 6.07) is 1.77. The van der Waals surface area contributed by atoms with E-state index in [1.807, 2.05) is 25.7 Å². The van der Waals surface area contributed by atoms with Crippen LogP contribution in [0.4, 0.5) is 4.79 Å². The summed E-state index contributed by atoms with van der Waals surface area (Å²) in [5.74, 6) is 0.589. The molecule has 1 fully saturated rings. The zero-order valence-corrected chi connectivity index (χ0v) is 20.3. The minimum atomic E-state index is -0.479. The number of ketones is 1. The Morgan fingerprint density at radius 1 is 1.19 bits per heavy atom. The maximum Gasteiger partial charge on any atom is 0.410 e. The van der Waals surface area contributed by atoms with Crippen LogP contribution in [-0.4, -0.2) is 71.1 Å². The fourth-order valence-corrected chi connectivity index (χ4v) is 5.35. The highest BCUT2D eigenvalue weighted by atomic mass is 32.1. The van der Waals surface area contributed by atoms with Crippen molar-refractivity contribution in [1.29, 1.82) is 0 Å². The quantitative estimate of drug-likeness (QED) is 0.462. The third-order valence-corrected chi connectivity index (χ3v) is 7.33. The molecule has 1 saturated heterocycles. The van der Waals surface area contributed by atoms with Gasteiger partial charge in [-0.3, -0.25) is 9.59 Å². The van der Waals surface area contributed by atoms with E-state index >= 15 is 0 Å². The first-order valence-electron chi connectivity index (χ1n) is 11.7. The van der Waals surface area contributed by atoms with Gasteiger partial charge in [0.1, 0.15) is 5.60 Å². The lowest BCUT2D eigenvalue weighted by Gasteiger charge is -2.34. The Morgan fingerprint density at radius 3 is 2.56 bits per heavy atom. The summed E-state index contributed by atoms with van der Waals surface area (Å²) in [4.78, 5) is 43.0. The predicted molar refractivity (Wildman–Crippen MR) is 124 cm³/mol. The Labute approximate surface area is 194 Å². The van der Waals surface area contributed by atoms with E-state index in [0.717, 1.165) is 30.6 Å². The molecular weight excluding hydrogens is 428 g/mol. The summed E-state index contributed by atoms with van der Waals surface area (Å²) < 4.78 is 5.46. The molecule has 0 radical (unpaired) electrons. The minimum absolute atomic E-state index is 0.0306. The number of Topliss-reactive ketones (excluding diaryl/α,β-unsaturated/α-hetero) is 1. The van der Waals surface area contributed by atoms with E-state index in [2.05, 4.69) is 0 Å². The molecule has 2 aliphatic heterocycles. The molecule has 0 spiro atoms. The Morgan fingerprint density at radius 2 is 1.91 bits per heavy atom. The number of hydrogen-bond donors (Lipinski definition) is 1. The van der Waals surface area contributed by atoms with E-state index in [9.17, 15) is 14.4 Å². The van der Waals surface area contributed by atoms with Crippen LogP contribution in [0.2, 0.25) is 0 Å². The SMILES string of the molecule is CC(C)(C)OC(=O)N1CCC(CCN2CCc3sc(C(=O)CCCCO)cc3C2=O)CC1. The molecule has 0 aromatic carbocycles. The zero-order valence-electron chi connectivity index (χ0n) is 19.5. The van der Waals surface area contributed by atoms with E-state index in [1.54, 1.807) is 11.0 Å². The van der Waals surface area contributed by atoms with Crippen LogP contribution < -0.4 is 0 Å². The number of piperidine rings is 1. The number of aliphatic hydroxyl groups excluding tert-OH is 1. The molecule has 0 saturated carbocycles. The number of thiophene rings is 1. The molecule has 8 heteroatoms. The molecule has 178 valence electrons. The number of amides is 2. The maximum absolute atomic E-state index is 13.0. The average molecular weight is 465 g/mol. The second kappa shape index (κ2) is 10.8. The van der Waals surface area contributed by atoms with Crippen molar-refractivity contribution in [3.05, 3.63) is 21.4 Å². The van der Waals surface area contributed by atoms with Gasteiger partial charge in [0, 0.05) is 50.5 Å². The van der Waals surface area contributed by atoms with E-state index in [1.165, 1.54) is 11.3 Å². The van der Waals surface area contributed by atoms with E-state index < -0.39 is 5.60 Å². The number of carbonyl (C=O) groups is 3. The Bertz CT molecular complexity index is 821. The van der Waals surface area contributed by atoms with E-state index in [4.69, 9.17) is 9.84 Å². The van der Waals surface area contributed by atoms with Gasteiger partial charge in [-0.05, 0) is 64.9 Å². The molecule has 3 rings (SSSR count). The van der Waals surface area contributed by atoms with Gasteiger partial charge in [0.05, 0.1) is 10.4 Å². The second-order valence-electron chi connectivity index (χ2n) is 9.79. The lowest BCUT2D eigenvalue weighted by molar-refractivity contribution is 0.0178. The van der Waals surface area contributed by atoms with E-state index in [-0.39, 0.29) is 24.4 Å². The van der Waals surface area contributed by atoms with Crippen LogP contribution in [0.3, 0.4) is 0 Å². The number of likely N-dealkylation sites (tertiary alicyclic amines) is 1. The molecular formula is C24H36N2O5S. The van der Waals surface area contributed by atoms with Crippen molar-refractivity contribution in [1.82, 2.24) is 9.80 Å². The second-order valence-corrected chi connectivity index (χ2v) is 10.9. The van der Waals surface area contributed by atoms with Gasteiger partial charge in [-0.2, -0.15) is 0 Å². The highest BCUT2D eigenvalue weighted by Crippen LogP contribution is 2.30. The van der Waals surface area contributed by atoms with Gasteiger partial charge in [0.2, 0.25) is 0 Å². The average Bonchev–Trinajstić information content (AvgIpc) is 3.18. The van der Waals surface area contributed by atoms with Crippen molar-refractivity contribution in [2.75, 3.05) is 32.8 Å². The van der Waals surface area contributed by atoms with Crippen molar-refractivity contribution >= 4 is 29.1 Å². The number of nitrogens with zero attached hydrogens (tertiary/aromatic N) is 2. The Kier molecular flexibility index (Phi) is 8.33. The van der Waals surface area contributed by atoms with Crippen molar-refractivity contribution < 1.29 is 24.2 Å². The summed E-state index contributed by atoms with van der Waals surface area (Å²) in [5, 5.41) is 8.89. The van der Waals surface area contributed by atoms with Crippen LogP contribution in [0.1, 0.15) is 84.2 Å². The molecule has 0 aliphatic carbocycles. The van der Waals surface area contributed by atoms with Crippen LogP contribution in [0, 0.1) is 5.92 Å². The number of ether oxygens (including phenoxy) is 1. The van der Waals surface area contributed by atoms with Gasteiger partial charge in [0.25, 0.3) is 5.91 Å². The van der Waals surface area contributed by atoms with Gasteiger partial charge in [-0.1, -0.05) is 0 Å². The third-order valence-electron chi connectivity index (χ3n) is 6.10.